The Hall–Kier alpha value is -1.22. The summed E-state index contributed by atoms with van der Waals surface area (Å²) in [6.07, 6.45) is 7.13. The van der Waals surface area contributed by atoms with Crippen LogP contribution in [0.2, 0.25) is 0 Å². The van der Waals surface area contributed by atoms with Gasteiger partial charge in [0.2, 0.25) is 0 Å². The van der Waals surface area contributed by atoms with Crippen LogP contribution in [0.5, 0.6) is 0 Å². The first-order valence-corrected chi connectivity index (χ1v) is 5.72. The SMILES string of the molecule is CCCNCCC=C(C)c1cncc(F)c1. The molecular formula is C13H19FN2. The van der Waals surface area contributed by atoms with Gasteiger partial charge in [-0.1, -0.05) is 13.0 Å². The van der Waals surface area contributed by atoms with Crippen LogP contribution in [0.25, 0.3) is 5.57 Å². The second kappa shape index (κ2) is 7.12. The third-order valence-electron chi connectivity index (χ3n) is 2.36. The molecule has 0 saturated carbocycles. The van der Waals surface area contributed by atoms with Crippen molar-refractivity contribution in [3.05, 3.63) is 35.9 Å². The molecule has 1 rings (SSSR count). The zero-order valence-electron chi connectivity index (χ0n) is 9.96. The number of nitrogens with one attached hydrogen (secondary N) is 1. The summed E-state index contributed by atoms with van der Waals surface area (Å²) < 4.78 is 12.9. The van der Waals surface area contributed by atoms with E-state index in [0.717, 1.165) is 37.1 Å². The van der Waals surface area contributed by atoms with Crippen molar-refractivity contribution in [1.29, 1.82) is 0 Å². The highest BCUT2D eigenvalue weighted by molar-refractivity contribution is 5.62. The minimum atomic E-state index is -0.283. The molecule has 1 aromatic heterocycles. The molecule has 2 nitrogen and oxygen atoms in total. The van der Waals surface area contributed by atoms with Gasteiger partial charge in [0.05, 0.1) is 6.20 Å². The van der Waals surface area contributed by atoms with Crippen LogP contribution in [0.1, 0.15) is 32.3 Å². The Morgan fingerprint density at radius 2 is 2.25 bits per heavy atom. The highest BCUT2D eigenvalue weighted by atomic mass is 19.1. The summed E-state index contributed by atoms with van der Waals surface area (Å²) in [5, 5.41) is 3.32. The van der Waals surface area contributed by atoms with Gasteiger partial charge in [0, 0.05) is 6.20 Å². The normalized spacial score (nSPS) is 11.8. The first kappa shape index (κ1) is 12.8. The minimum Gasteiger partial charge on any atom is -0.316 e. The molecule has 3 heteroatoms. The lowest BCUT2D eigenvalue weighted by Crippen LogP contribution is -2.15. The fourth-order valence-electron chi connectivity index (χ4n) is 1.44. The number of pyridine rings is 1. The van der Waals surface area contributed by atoms with Crippen molar-refractivity contribution in [3.63, 3.8) is 0 Å². The van der Waals surface area contributed by atoms with Crippen LogP contribution in [-0.4, -0.2) is 18.1 Å². The van der Waals surface area contributed by atoms with E-state index in [4.69, 9.17) is 0 Å². The van der Waals surface area contributed by atoms with Crippen LogP contribution in [0, 0.1) is 5.82 Å². The maximum absolute atomic E-state index is 12.9. The quantitative estimate of drug-likeness (QED) is 0.748. The molecule has 88 valence electrons. The van der Waals surface area contributed by atoms with Crippen LogP contribution in [0.4, 0.5) is 4.39 Å². The van der Waals surface area contributed by atoms with Gasteiger partial charge in [0.1, 0.15) is 5.82 Å². The minimum absolute atomic E-state index is 0.283. The van der Waals surface area contributed by atoms with Crippen molar-refractivity contribution < 1.29 is 4.39 Å². The molecule has 0 unspecified atom stereocenters. The van der Waals surface area contributed by atoms with Crippen molar-refractivity contribution in [2.45, 2.75) is 26.7 Å². The summed E-state index contributed by atoms with van der Waals surface area (Å²) in [5.41, 5.74) is 1.93. The third-order valence-corrected chi connectivity index (χ3v) is 2.36. The van der Waals surface area contributed by atoms with Crippen LogP contribution in [0.3, 0.4) is 0 Å². The molecule has 0 saturated heterocycles. The van der Waals surface area contributed by atoms with Gasteiger partial charge in [-0.15, -0.1) is 0 Å². The fourth-order valence-corrected chi connectivity index (χ4v) is 1.44. The fraction of sp³-hybridized carbons (Fsp3) is 0.462. The van der Waals surface area contributed by atoms with Crippen LogP contribution in [-0.2, 0) is 0 Å². The molecule has 1 heterocycles. The molecular weight excluding hydrogens is 203 g/mol. The summed E-state index contributed by atoms with van der Waals surface area (Å²) in [6, 6.07) is 1.51. The largest absolute Gasteiger partial charge is 0.316 e. The Morgan fingerprint density at radius 1 is 1.44 bits per heavy atom. The molecule has 0 amide bonds. The average Bonchev–Trinajstić information content (AvgIpc) is 2.28. The summed E-state index contributed by atoms with van der Waals surface area (Å²) in [6.45, 7) is 6.14. The molecule has 0 aliphatic carbocycles. The highest BCUT2D eigenvalue weighted by Crippen LogP contribution is 2.13. The molecule has 0 bridgehead atoms. The lowest BCUT2D eigenvalue weighted by molar-refractivity contribution is 0.621. The summed E-state index contributed by atoms with van der Waals surface area (Å²) in [4.78, 5) is 3.83. The van der Waals surface area contributed by atoms with E-state index in [2.05, 4.69) is 23.3 Å². The molecule has 0 aliphatic rings. The maximum Gasteiger partial charge on any atom is 0.142 e. The predicted molar refractivity (Wildman–Crippen MR) is 65.6 cm³/mol. The summed E-state index contributed by atoms with van der Waals surface area (Å²) >= 11 is 0. The average molecular weight is 222 g/mol. The van der Waals surface area contributed by atoms with Gasteiger partial charge in [0.25, 0.3) is 0 Å². The zero-order valence-corrected chi connectivity index (χ0v) is 9.96. The van der Waals surface area contributed by atoms with Gasteiger partial charge >= 0.3 is 0 Å². The predicted octanol–water partition coefficient (Wildman–Crippen LogP) is 3.01. The Balaban J connectivity index is 2.44. The lowest BCUT2D eigenvalue weighted by atomic mass is 10.1. The van der Waals surface area contributed by atoms with E-state index in [1.807, 2.05) is 6.92 Å². The number of hydrogen-bond acceptors (Lipinski definition) is 2. The second-order valence-corrected chi connectivity index (χ2v) is 3.82. The molecule has 1 aromatic rings. The van der Waals surface area contributed by atoms with Crippen molar-refractivity contribution >= 4 is 5.57 Å². The summed E-state index contributed by atoms with van der Waals surface area (Å²) in [5.74, 6) is -0.283. The van der Waals surface area contributed by atoms with Gasteiger partial charge < -0.3 is 5.32 Å². The van der Waals surface area contributed by atoms with E-state index in [-0.39, 0.29) is 5.82 Å². The molecule has 0 aliphatic heterocycles. The Kier molecular flexibility index (Phi) is 5.72. The number of allylic oxidation sites excluding steroid dienone is 1. The van der Waals surface area contributed by atoms with E-state index >= 15 is 0 Å². The van der Waals surface area contributed by atoms with Crippen LogP contribution < -0.4 is 5.32 Å². The van der Waals surface area contributed by atoms with Gasteiger partial charge in [-0.05, 0) is 50.1 Å². The molecule has 0 spiro atoms. The van der Waals surface area contributed by atoms with Gasteiger partial charge in [-0.25, -0.2) is 4.39 Å². The second-order valence-electron chi connectivity index (χ2n) is 3.82. The number of rotatable bonds is 6. The van der Waals surface area contributed by atoms with Crippen LogP contribution in [0.15, 0.2) is 24.5 Å². The highest BCUT2D eigenvalue weighted by Gasteiger charge is 1.97. The molecule has 1 N–H and O–H groups in total. The van der Waals surface area contributed by atoms with Gasteiger partial charge in [-0.2, -0.15) is 0 Å². The van der Waals surface area contributed by atoms with Crippen molar-refractivity contribution in [2.24, 2.45) is 0 Å². The number of hydrogen-bond donors (Lipinski definition) is 1. The maximum atomic E-state index is 12.9. The van der Waals surface area contributed by atoms with Crippen LogP contribution >= 0.6 is 0 Å². The molecule has 0 radical (unpaired) electrons. The number of halogens is 1. The first-order chi connectivity index (χ1) is 7.74. The number of nitrogens with zero attached hydrogens (tertiary/aromatic N) is 1. The van der Waals surface area contributed by atoms with E-state index in [1.165, 1.54) is 12.3 Å². The molecule has 16 heavy (non-hydrogen) atoms. The van der Waals surface area contributed by atoms with Crippen molar-refractivity contribution in [2.75, 3.05) is 13.1 Å². The van der Waals surface area contributed by atoms with Gasteiger partial charge in [-0.3, -0.25) is 4.98 Å². The van der Waals surface area contributed by atoms with Crippen molar-refractivity contribution in [1.82, 2.24) is 10.3 Å². The third kappa shape index (κ3) is 4.53. The van der Waals surface area contributed by atoms with E-state index in [9.17, 15) is 4.39 Å². The lowest BCUT2D eigenvalue weighted by Gasteiger charge is -2.02. The monoisotopic (exact) mass is 222 g/mol. The van der Waals surface area contributed by atoms with Gasteiger partial charge in [0.15, 0.2) is 0 Å². The Labute approximate surface area is 96.6 Å². The van der Waals surface area contributed by atoms with E-state index < -0.39 is 0 Å². The number of aromatic nitrogens is 1. The Bertz CT molecular complexity index is 348. The van der Waals surface area contributed by atoms with E-state index in [0.29, 0.717) is 0 Å². The van der Waals surface area contributed by atoms with Crippen molar-refractivity contribution in [3.8, 4) is 0 Å². The molecule has 0 atom stereocenters. The standard InChI is InChI=1S/C13H19FN2/c1-3-6-15-7-4-5-11(2)12-8-13(14)10-16-9-12/h5,8-10,15H,3-4,6-7H2,1-2H3. The molecule has 0 aromatic carbocycles. The smallest absolute Gasteiger partial charge is 0.142 e. The Morgan fingerprint density at radius 3 is 2.94 bits per heavy atom. The van der Waals surface area contributed by atoms with E-state index in [1.54, 1.807) is 6.20 Å². The zero-order chi connectivity index (χ0) is 11.8. The first-order valence-electron chi connectivity index (χ1n) is 5.72. The summed E-state index contributed by atoms with van der Waals surface area (Å²) in [7, 11) is 0. The molecule has 0 fully saturated rings. The topological polar surface area (TPSA) is 24.9 Å².